The minimum atomic E-state index is -1.28. The van der Waals surface area contributed by atoms with Crippen molar-refractivity contribution in [1.82, 2.24) is 10.3 Å². The van der Waals surface area contributed by atoms with Crippen LogP contribution in [-0.2, 0) is 21.6 Å². The number of halogens is 2. The number of nitrogens with one attached hydrogen (secondary N) is 3. The lowest BCUT2D eigenvalue weighted by molar-refractivity contribution is -0.120. The van der Waals surface area contributed by atoms with Gasteiger partial charge in [-0.25, -0.2) is 18.9 Å². The molecule has 3 heterocycles. The summed E-state index contributed by atoms with van der Waals surface area (Å²) in [4.78, 5) is 43.3. The molecule has 1 unspecified atom stereocenters. The predicted molar refractivity (Wildman–Crippen MR) is 152 cm³/mol. The molecule has 3 aromatic carbocycles. The van der Waals surface area contributed by atoms with E-state index in [4.69, 9.17) is 21.4 Å². The first kappa shape index (κ1) is 26.8. The van der Waals surface area contributed by atoms with Gasteiger partial charge in [-0.2, -0.15) is 0 Å². The maximum absolute atomic E-state index is 15.7. The zero-order valence-corrected chi connectivity index (χ0v) is 22.5. The molecule has 0 aliphatic carbocycles. The van der Waals surface area contributed by atoms with E-state index in [2.05, 4.69) is 15.6 Å². The number of imide groups is 1. The molecule has 4 N–H and O–H groups in total. The lowest BCUT2D eigenvalue weighted by Crippen LogP contribution is -2.55. The number of H-pyrrole nitrogens is 1. The second kappa shape index (κ2) is 10.5. The molecule has 210 valence electrons. The molecule has 1 fully saturated rings. The van der Waals surface area contributed by atoms with E-state index >= 15 is 4.39 Å². The Bertz CT molecular complexity index is 1670. The van der Waals surface area contributed by atoms with Gasteiger partial charge in [-0.15, -0.1) is 0 Å². The Morgan fingerprint density at radius 1 is 1.15 bits per heavy atom. The molecule has 6 rings (SSSR count). The number of aromatic amines is 1. The number of rotatable bonds is 5. The van der Waals surface area contributed by atoms with Crippen molar-refractivity contribution in [2.24, 2.45) is 0 Å². The van der Waals surface area contributed by atoms with Crippen LogP contribution in [0.25, 0.3) is 10.9 Å². The van der Waals surface area contributed by atoms with Gasteiger partial charge in [0.1, 0.15) is 0 Å². The van der Waals surface area contributed by atoms with Crippen LogP contribution in [0.5, 0.6) is 0 Å². The van der Waals surface area contributed by atoms with Crippen LogP contribution in [0.15, 0.2) is 66.7 Å². The highest BCUT2D eigenvalue weighted by molar-refractivity contribution is 6.31. The number of fused-ring (bicyclic) bond motifs is 3. The van der Waals surface area contributed by atoms with Crippen molar-refractivity contribution in [1.29, 1.82) is 0 Å². The van der Waals surface area contributed by atoms with E-state index in [9.17, 15) is 14.4 Å². The summed E-state index contributed by atoms with van der Waals surface area (Å²) >= 11 is 6.18. The van der Waals surface area contributed by atoms with Crippen LogP contribution < -0.4 is 15.5 Å². The SMILES string of the molecule is O=C(O)Nc1ccc2[nH]c(C(Cc3ccccc3)C(=O)N3C(=O)O[C@]4(CCCNC4)c4c3ccc(Cl)c4F)cc2c1. The monoisotopic (exact) mass is 576 g/mol. The smallest absolute Gasteiger partial charge is 0.422 e. The van der Waals surface area contributed by atoms with E-state index in [-0.39, 0.29) is 29.2 Å². The first-order valence-corrected chi connectivity index (χ1v) is 13.6. The third-order valence-corrected chi connectivity index (χ3v) is 7.94. The third-order valence-electron chi connectivity index (χ3n) is 7.65. The van der Waals surface area contributed by atoms with E-state index in [0.29, 0.717) is 41.7 Å². The number of carbonyl (C=O) groups excluding carboxylic acids is 2. The molecule has 0 radical (unpaired) electrons. The Kier molecular flexibility index (Phi) is 6.88. The van der Waals surface area contributed by atoms with Crippen LogP contribution in [0.1, 0.15) is 35.6 Å². The average Bonchev–Trinajstić information content (AvgIpc) is 3.37. The van der Waals surface area contributed by atoms with Crippen molar-refractivity contribution in [2.75, 3.05) is 23.3 Å². The highest BCUT2D eigenvalue weighted by Crippen LogP contribution is 2.47. The number of hydrogen-bond acceptors (Lipinski definition) is 5. The van der Waals surface area contributed by atoms with Crippen LogP contribution >= 0.6 is 11.6 Å². The van der Waals surface area contributed by atoms with E-state index in [1.54, 1.807) is 24.3 Å². The fourth-order valence-electron chi connectivity index (χ4n) is 5.79. The summed E-state index contributed by atoms with van der Waals surface area (Å²) < 4.78 is 21.6. The number of carbonyl (C=O) groups is 3. The first-order valence-electron chi connectivity index (χ1n) is 13.2. The molecule has 2 aliphatic rings. The Morgan fingerprint density at radius 2 is 1.95 bits per heavy atom. The summed E-state index contributed by atoms with van der Waals surface area (Å²) in [5.74, 6) is -2.21. The number of carboxylic acid groups (broad SMARTS) is 1. The van der Waals surface area contributed by atoms with Crippen LogP contribution in [0, 0.1) is 5.82 Å². The van der Waals surface area contributed by atoms with Crippen LogP contribution in [0.4, 0.5) is 25.4 Å². The molecular weight excluding hydrogens is 551 g/mol. The Hall–Kier alpha value is -4.41. The van der Waals surface area contributed by atoms with Crippen LogP contribution in [0.2, 0.25) is 5.02 Å². The van der Waals surface area contributed by atoms with Crippen molar-refractivity contribution in [2.45, 2.75) is 30.8 Å². The minimum Gasteiger partial charge on any atom is -0.465 e. The van der Waals surface area contributed by atoms with Crippen LogP contribution in [0.3, 0.4) is 0 Å². The Labute approximate surface area is 239 Å². The maximum atomic E-state index is 15.7. The summed E-state index contributed by atoms with van der Waals surface area (Å²) in [6.07, 6.45) is -0.806. The highest BCUT2D eigenvalue weighted by Gasteiger charge is 2.50. The molecule has 1 saturated heterocycles. The second-order valence-corrected chi connectivity index (χ2v) is 10.7. The summed E-state index contributed by atoms with van der Waals surface area (Å²) in [5, 5.41) is 15.1. The van der Waals surface area contributed by atoms with Gasteiger partial charge in [0.05, 0.1) is 22.2 Å². The molecule has 4 aromatic rings. The van der Waals surface area contributed by atoms with E-state index in [1.165, 1.54) is 12.1 Å². The van der Waals surface area contributed by atoms with E-state index in [0.717, 1.165) is 10.5 Å². The highest BCUT2D eigenvalue weighted by atomic mass is 35.5. The lowest BCUT2D eigenvalue weighted by Gasteiger charge is -2.44. The molecule has 41 heavy (non-hydrogen) atoms. The summed E-state index contributed by atoms with van der Waals surface area (Å²) in [6, 6.07) is 18.9. The molecule has 11 heteroatoms. The Balaban J connectivity index is 1.45. The molecule has 9 nitrogen and oxygen atoms in total. The van der Waals surface area contributed by atoms with Gasteiger partial charge in [0.15, 0.2) is 11.4 Å². The van der Waals surface area contributed by atoms with Crippen molar-refractivity contribution in [3.63, 3.8) is 0 Å². The van der Waals surface area contributed by atoms with Crippen molar-refractivity contribution in [3.8, 4) is 0 Å². The van der Waals surface area contributed by atoms with Crippen molar-refractivity contribution in [3.05, 3.63) is 94.4 Å². The third kappa shape index (κ3) is 4.89. The first-order chi connectivity index (χ1) is 19.8. The topological polar surface area (TPSA) is 124 Å². The molecule has 0 saturated carbocycles. The number of ether oxygens (including phenoxy) is 1. The number of amides is 3. The molecule has 3 amide bonds. The number of nitrogens with zero attached hydrogens (tertiary/aromatic N) is 1. The van der Waals surface area contributed by atoms with Gasteiger partial charge in [-0.05, 0) is 67.8 Å². The molecule has 1 spiro atoms. The van der Waals surface area contributed by atoms with Gasteiger partial charge in [-0.3, -0.25) is 10.1 Å². The van der Waals surface area contributed by atoms with Crippen molar-refractivity contribution < 1.29 is 28.6 Å². The summed E-state index contributed by atoms with van der Waals surface area (Å²) in [6.45, 7) is 0.899. The number of benzene rings is 3. The fraction of sp³-hybridized carbons (Fsp3) is 0.233. The quantitative estimate of drug-likeness (QED) is 0.226. The number of aromatic nitrogens is 1. The van der Waals surface area contributed by atoms with Crippen LogP contribution in [-0.4, -0.2) is 41.3 Å². The largest absolute Gasteiger partial charge is 0.465 e. The number of anilines is 2. The van der Waals surface area contributed by atoms with Gasteiger partial charge in [-0.1, -0.05) is 41.9 Å². The lowest BCUT2D eigenvalue weighted by atomic mass is 9.83. The molecule has 0 bridgehead atoms. The van der Waals surface area contributed by atoms with E-state index < -0.39 is 35.4 Å². The van der Waals surface area contributed by atoms with Gasteiger partial charge < -0.3 is 20.1 Å². The Morgan fingerprint density at radius 3 is 2.68 bits per heavy atom. The molecule has 2 aliphatic heterocycles. The average molecular weight is 577 g/mol. The van der Waals surface area contributed by atoms with E-state index in [1.807, 2.05) is 30.3 Å². The molecule has 1 aromatic heterocycles. The molecule has 2 atom stereocenters. The minimum absolute atomic E-state index is 0.0876. The van der Waals surface area contributed by atoms with Gasteiger partial charge in [0, 0.05) is 28.8 Å². The normalized spacial score (nSPS) is 19.1. The zero-order chi connectivity index (χ0) is 28.7. The standard InChI is InChI=1S/C30H26ClFN4O5/c31-21-8-10-24-25(26(21)32)30(11-4-12-33-16-30)41-29(40)36(24)27(37)20(13-17-5-2-1-3-6-17)23-15-18-14-19(34-28(38)39)7-9-22(18)35-23/h1-3,5-10,14-15,20,33-35H,4,11-13,16H2,(H,38,39)/t20?,30-/m0/s1. The predicted octanol–water partition coefficient (Wildman–Crippen LogP) is 6.14. The number of hydrogen-bond donors (Lipinski definition) is 4. The second-order valence-electron chi connectivity index (χ2n) is 10.3. The van der Waals surface area contributed by atoms with Gasteiger partial charge in [0.2, 0.25) is 5.91 Å². The fourth-order valence-corrected chi connectivity index (χ4v) is 5.95. The number of piperidine rings is 1. The van der Waals surface area contributed by atoms with Crippen molar-refractivity contribution >= 4 is 52.0 Å². The summed E-state index contributed by atoms with van der Waals surface area (Å²) in [7, 11) is 0. The summed E-state index contributed by atoms with van der Waals surface area (Å²) in [5.41, 5.74) is 1.31. The van der Waals surface area contributed by atoms with Gasteiger partial charge >= 0.3 is 12.2 Å². The zero-order valence-electron chi connectivity index (χ0n) is 21.7. The molecular formula is C30H26ClFN4O5. The van der Waals surface area contributed by atoms with Gasteiger partial charge in [0.25, 0.3) is 0 Å². The maximum Gasteiger partial charge on any atom is 0.422 e.